The van der Waals surface area contributed by atoms with Gasteiger partial charge >= 0.3 is 5.69 Å². The third-order valence-electron chi connectivity index (χ3n) is 3.83. The van der Waals surface area contributed by atoms with Crippen LogP contribution in [-0.2, 0) is 5.75 Å². The first-order valence-corrected chi connectivity index (χ1v) is 9.51. The topological polar surface area (TPSA) is 69.1 Å². The number of rotatable bonds is 4. The lowest BCUT2D eigenvalue weighted by molar-refractivity contribution is 0.171. The van der Waals surface area contributed by atoms with Crippen LogP contribution in [0, 0.1) is 0 Å². The number of ether oxygens (including phenoxy) is 2. The lowest BCUT2D eigenvalue weighted by Gasteiger charge is -2.19. The van der Waals surface area contributed by atoms with Crippen LogP contribution in [-0.4, -0.2) is 28.0 Å². The third-order valence-corrected chi connectivity index (χ3v) is 5.51. The zero-order chi connectivity index (χ0) is 18.1. The summed E-state index contributed by atoms with van der Waals surface area (Å²) in [7, 11) is 0. The minimum absolute atomic E-state index is 0.338. The summed E-state index contributed by atoms with van der Waals surface area (Å²) in [4.78, 5) is 12.3. The Morgan fingerprint density at radius 1 is 1.12 bits per heavy atom. The number of aromatic amines is 1. The first kappa shape index (κ1) is 17.3. The predicted octanol–water partition coefficient (Wildman–Crippen LogP) is 3.93. The molecule has 134 valence electrons. The molecule has 1 N–H and O–H groups in total. The number of hydrogen-bond acceptors (Lipinski definition) is 5. The number of fused-ring (bicyclic) bond motifs is 1. The molecule has 6 nitrogen and oxygen atoms in total. The highest BCUT2D eigenvalue weighted by Crippen LogP contribution is 2.34. The van der Waals surface area contributed by atoms with Gasteiger partial charge in [-0.25, -0.2) is 14.5 Å². The fourth-order valence-corrected chi connectivity index (χ4v) is 4.29. The number of halogens is 2. The van der Waals surface area contributed by atoms with Gasteiger partial charge in [0, 0.05) is 21.9 Å². The molecule has 0 saturated carbocycles. The Morgan fingerprint density at radius 3 is 2.62 bits per heavy atom. The van der Waals surface area contributed by atoms with E-state index in [1.165, 1.54) is 16.3 Å². The second-order valence-electron chi connectivity index (χ2n) is 5.46. The monoisotopic (exact) mass is 409 g/mol. The fourth-order valence-electron chi connectivity index (χ4n) is 2.59. The van der Waals surface area contributed by atoms with E-state index < -0.39 is 0 Å². The lowest BCUT2D eigenvalue weighted by Crippen LogP contribution is -2.18. The fraction of sp³-hybridized carbons (Fsp3) is 0.176. The molecule has 4 rings (SSSR count). The first-order chi connectivity index (χ1) is 12.6. The number of nitrogens with zero attached hydrogens (tertiary/aromatic N) is 2. The van der Waals surface area contributed by atoms with Gasteiger partial charge in [0.15, 0.2) is 16.7 Å². The minimum Gasteiger partial charge on any atom is -0.486 e. The van der Waals surface area contributed by atoms with Crippen molar-refractivity contribution in [2.24, 2.45) is 0 Å². The number of nitrogens with one attached hydrogen (secondary N) is 1. The summed E-state index contributed by atoms with van der Waals surface area (Å²) in [5, 5.41) is 8.25. The summed E-state index contributed by atoms with van der Waals surface area (Å²) in [5.74, 6) is 1.74. The Hall–Kier alpha value is -2.09. The molecule has 0 spiro atoms. The molecule has 1 aliphatic rings. The first-order valence-electron chi connectivity index (χ1n) is 7.76. The number of H-pyrrole nitrogens is 1. The minimum atomic E-state index is -0.338. The van der Waals surface area contributed by atoms with Gasteiger partial charge in [0.05, 0.1) is 5.69 Å². The Kier molecular flexibility index (Phi) is 4.84. The van der Waals surface area contributed by atoms with Crippen molar-refractivity contribution in [3.05, 3.63) is 62.5 Å². The molecular formula is C17H13Cl2N3O3S. The maximum absolute atomic E-state index is 12.3. The van der Waals surface area contributed by atoms with Crippen LogP contribution in [0.5, 0.6) is 11.5 Å². The number of thioether (sulfide) groups is 1. The molecule has 9 heteroatoms. The molecule has 1 aromatic heterocycles. The number of benzene rings is 2. The van der Waals surface area contributed by atoms with Crippen LogP contribution >= 0.6 is 35.0 Å². The van der Waals surface area contributed by atoms with Gasteiger partial charge in [0.25, 0.3) is 0 Å². The molecule has 0 radical (unpaired) electrons. The molecule has 2 aromatic carbocycles. The van der Waals surface area contributed by atoms with E-state index in [1.807, 2.05) is 0 Å². The van der Waals surface area contributed by atoms with Gasteiger partial charge in [0.1, 0.15) is 13.2 Å². The van der Waals surface area contributed by atoms with E-state index in [1.54, 1.807) is 36.4 Å². The second-order valence-corrected chi connectivity index (χ2v) is 7.22. The Balaban J connectivity index is 1.65. The van der Waals surface area contributed by atoms with Crippen LogP contribution in [0.25, 0.3) is 5.69 Å². The van der Waals surface area contributed by atoms with Crippen LogP contribution < -0.4 is 15.2 Å². The van der Waals surface area contributed by atoms with Gasteiger partial charge < -0.3 is 9.47 Å². The zero-order valence-corrected chi connectivity index (χ0v) is 15.7. The number of aromatic nitrogens is 3. The third kappa shape index (κ3) is 3.30. The molecule has 2 heterocycles. The lowest BCUT2D eigenvalue weighted by atomic mass is 10.2. The van der Waals surface area contributed by atoms with Crippen molar-refractivity contribution >= 4 is 35.0 Å². The highest BCUT2D eigenvalue weighted by molar-refractivity contribution is 7.98. The highest BCUT2D eigenvalue weighted by Gasteiger charge is 2.17. The Morgan fingerprint density at radius 2 is 1.85 bits per heavy atom. The summed E-state index contributed by atoms with van der Waals surface area (Å²) in [6.07, 6.45) is 0. The van der Waals surface area contributed by atoms with Crippen molar-refractivity contribution in [1.82, 2.24) is 14.8 Å². The summed E-state index contributed by atoms with van der Waals surface area (Å²) >= 11 is 13.8. The normalized spacial score (nSPS) is 13.0. The van der Waals surface area contributed by atoms with Crippen LogP contribution in [0.1, 0.15) is 5.56 Å². The van der Waals surface area contributed by atoms with Crippen molar-refractivity contribution in [1.29, 1.82) is 0 Å². The van der Waals surface area contributed by atoms with E-state index in [0.717, 1.165) is 5.56 Å². The van der Waals surface area contributed by atoms with E-state index in [4.69, 9.17) is 32.7 Å². The average Bonchev–Trinajstić information content (AvgIpc) is 3.01. The second kappa shape index (κ2) is 7.26. The van der Waals surface area contributed by atoms with Crippen LogP contribution in [0.15, 0.2) is 46.3 Å². The van der Waals surface area contributed by atoms with E-state index in [9.17, 15) is 4.79 Å². The molecule has 0 unspecified atom stereocenters. The van der Waals surface area contributed by atoms with Crippen molar-refractivity contribution in [3.63, 3.8) is 0 Å². The molecule has 0 saturated heterocycles. The van der Waals surface area contributed by atoms with Crippen molar-refractivity contribution < 1.29 is 9.47 Å². The molecule has 26 heavy (non-hydrogen) atoms. The maximum atomic E-state index is 12.3. The summed E-state index contributed by atoms with van der Waals surface area (Å²) in [6, 6.07) is 10.7. The van der Waals surface area contributed by atoms with Gasteiger partial charge in [-0.3, -0.25) is 0 Å². The van der Waals surface area contributed by atoms with Gasteiger partial charge in [-0.1, -0.05) is 41.0 Å². The highest BCUT2D eigenvalue weighted by atomic mass is 35.5. The predicted molar refractivity (Wildman–Crippen MR) is 101 cm³/mol. The van der Waals surface area contributed by atoms with E-state index in [0.29, 0.717) is 51.4 Å². The smallest absolute Gasteiger partial charge is 0.348 e. The van der Waals surface area contributed by atoms with Gasteiger partial charge in [-0.15, -0.1) is 5.10 Å². The molecule has 0 fully saturated rings. The number of hydrogen-bond donors (Lipinski definition) is 1. The molecule has 0 bridgehead atoms. The van der Waals surface area contributed by atoms with E-state index in [-0.39, 0.29) is 5.69 Å². The van der Waals surface area contributed by atoms with Crippen LogP contribution in [0.3, 0.4) is 0 Å². The van der Waals surface area contributed by atoms with Crippen LogP contribution in [0.2, 0.25) is 10.0 Å². The van der Waals surface area contributed by atoms with Crippen molar-refractivity contribution in [3.8, 4) is 17.2 Å². The van der Waals surface area contributed by atoms with Crippen molar-refractivity contribution in [2.75, 3.05) is 13.2 Å². The van der Waals surface area contributed by atoms with E-state index in [2.05, 4.69) is 10.2 Å². The van der Waals surface area contributed by atoms with E-state index >= 15 is 0 Å². The van der Waals surface area contributed by atoms with Gasteiger partial charge in [-0.2, -0.15) is 0 Å². The SMILES string of the molecule is O=c1[nH]nc(SCc2c(Cl)cccc2Cl)n1-c1ccc2c(c1)OCCO2. The Labute approximate surface area is 163 Å². The Bertz CT molecular complexity index is 998. The zero-order valence-electron chi connectivity index (χ0n) is 13.4. The largest absolute Gasteiger partial charge is 0.486 e. The molecule has 1 aliphatic heterocycles. The maximum Gasteiger partial charge on any atom is 0.348 e. The van der Waals surface area contributed by atoms with Crippen molar-refractivity contribution in [2.45, 2.75) is 10.9 Å². The molecule has 0 amide bonds. The van der Waals surface area contributed by atoms with Crippen LogP contribution in [0.4, 0.5) is 0 Å². The molecule has 3 aromatic rings. The average molecular weight is 410 g/mol. The molecular weight excluding hydrogens is 397 g/mol. The molecule has 0 atom stereocenters. The summed E-state index contributed by atoms with van der Waals surface area (Å²) < 4.78 is 12.6. The summed E-state index contributed by atoms with van der Waals surface area (Å²) in [6.45, 7) is 0.987. The summed E-state index contributed by atoms with van der Waals surface area (Å²) in [5.41, 5.74) is 1.10. The van der Waals surface area contributed by atoms with Gasteiger partial charge in [-0.05, 0) is 29.8 Å². The quantitative estimate of drug-likeness (QED) is 0.661. The standard InChI is InChI=1S/C17H13Cl2N3O3S/c18-12-2-1-3-13(19)11(12)9-26-17-21-20-16(23)22(17)10-4-5-14-15(8-10)25-7-6-24-14/h1-5,8H,6-7,9H2,(H,20,23). The van der Waals surface area contributed by atoms with Gasteiger partial charge in [0.2, 0.25) is 0 Å². The molecule has 0 aliphatic carbocycles.